The van der Waals surface area contributed by atoms with E-state index in [2.05, 4.69) is 13.8 Å². The molecule has 5 rings (SSSR count). The molecule has 0 fully saturated rings. The third kappa shape index (κ3) is 2.53. The summed E-state index contributed by atoms with van der Waals surface area (Å²) in [6.45, 7) is 4.20. The molecule has 0 amide bonds. The number of rotatable bonds is 1. The second-order valence-electron chi connectivity index (χ2n) is 8.72. The summed E-state index contributed by atoms with van der Waals surface area (Å²) in [7, 11) is 0. The number of hydrogen-bond donors (Lipinski definition) is 0. The minimum Gasteiger partial charge on any atom is -0.294 e. The van der Waals surface area contributed by atoms with Crippen LogP contribution in [0.4, 0.5) is 0 Å². The van der Waals surface area contributed by atoms with Gasteiger partial charge in [-0.2, -0.15) is 0 Å². The molecule has 2 aliphatic carbocycles. The van der Waals surface area contributed by atoms with Crippen molar-refractivity contribution in [2.75, 3.05) is 0 Å². The number of Topliss-reactive ketones (excluding diaryl/α,β-unsaturated/α-hetero) is 2. The Morgan fingerprint density at radius 3 is 2.46 bits per heavy atom. The highest BCUT2D eigenvalue weighted by atomic mass is 35.5. The quantitative estimate of drug-likeness (QED) is 0.657. The molecular weight excluding hydrogens is 370 g/mol. The molecule has 0 bridgehead atoms. The van der Waals surface area contributed by atoms with Gasteiger partial charge in [0.1, 0.15) is 0 Å². The lowest BCUT2D eigenvalue weighted by molar-refractivity contribution is -0.118. The SMILES string of the molecule is CC1(C)CC(=O)C2=C(C1)N=C1c3ccccc3C(=O)[C@H]1[C@H]2c1cccc(Cl)c1. The van der Waals surface area contributed by atoms with E-state index < -0.39 is 5.92 Å². The molecule has 0 spiro atoms. The van der Waals surface area contributed by atoms with Gasteiger partial charge in [-0.1, -0.05) is 61.8 Å². The van der Waals surface area contributed by atoms with E-state index in [1.54, 1.807) is 0 Å². The van der Waals surface area contributed by atoms with Gasteiger partial charge in [-0.05, 0) is 29.5 Å². The summed E-state index contributed by atoms with van der Waals surface area (Å²) in [6, 6.07) is 15.2. The van der Waals surface area contributed by atoms with E-state index >= 15 is 0 Å². The number of carbonyl (C=O) groups is 2. The van der Waals surface area contributed by atoms with E-state index in [1.165, 1.54) is 0 Å². The number of aliphatic imine (C=N–C) groups is 1. The molecule has 2 atom stereocenters. The minimum absolute atomic E-state index is 0.0449. The summed E-state index contributed by atoms with van der Waals surface area (Å²) in [4.78, 5) is 31.5. The number of carbonyl (C=O) groups excluding carboxylic acids is 2. The Hall–Kier alpha value is -2.52. The van der Waals surface area contributed by atoms with Crippen LogP contribution in [0.15, 0.2) is 64.8 Å². The monoisotopic (exact) mass is 389 g/mol. The lowest BCUT2D eigenvalue weighted by atomic mass is 9.66. The summed E-state index contributed by atoms with van der Waals surface area (Å²) >= 11 is 6.27. The van der Waals surface area contributed by atoms with Crippen LogP contribution in [0.25, 0.3) is 0 Å². The van der Waals surface area contributed by atoms with Crippen LogP contribution in [0.3, 0.4) is 0 Å². The molecule has 0 aromatic heterocycles. The van der Waals surface area contributed by atoms with Crippen molar-refractivity contribution in [1.82, 2.24) is 0 Å². The number of halogens is 1. The smallest absolute Gasteiger partial charge is 0.173 e. The van der Waals surface area contributed by atoms with Gasteiger partial charge in [-0.3, -0.25) is 14.6 Å². The molecule has 0 saturated heterocycles. The van der Waals surface area contributed by atoms with Crippen molar-refractivity contribution in [3.8, 4) is 0 Å². The summed E-state index contributed by atoms with van der Waals surface area (Å²) in [5.74, 6) is -0.643. The Morgan fingerprint density at radius 2 is 1.71 bits per heavy atom. The van der Waals surface area contributed by atoms with Crippen molar-refractivity contribution in [1.29, 1.82) is 0 Å². The van der Waals surface area contributed by atoms with Crippen molar-refractivity contribution in [2.45, 2.75) is 32.6 Å². The Bertz CT molecular complexity index is 1110. The fourth-order valence-electron chi connectivity index (χ4n) is 4.95. The van der Waals surface area contributed by atoms with Gasteiger partial charge in [0, 0.05) is 39.8 Å². The van der Waals surface area contributed by atoms with Crippen LogP contribution in [0.2, 0.25) is 5.02 Å². The van der Waals surface area contributed by atoms with Gasteiger partial charge in [0.15, 0.2) is 11.6 Å². The van der Waals surface area contributed by atoms with E-state index in [0.717, 1.165) is 29.0 Å². The van der Waals surface area contributed by atoms with Gasteiger partial charge < -0.3 is 0 Å². The van der Waals surface area contributed by atoms with E-state index in [1.807, 2.05) is 48.5 Å². The minimum atomic E-state index is -0.459. The van der Waals surface area contributed by atoms with Crippen LogP contribution in [0, 0.1) is 11.3 Å². The molecule has 3 aliphatic rings. The van der Waals surface area contributed by atoms with E-state index in [4.69, 9.17) is 16.6 Å². The highest BCUT2D eigenvalue weighted by molar-refractivity contribution is 6.31. The lowest BCUT2D eigenvalue weighted by Crippen LogP contribution is -2.37. The van der Waals surface area contributed by atoms with Gasteiger partial charge in [-0.25, -0.2) is 0 Å². The number of ketones is 2. The van der Waals surface area contributed by atoms with Crippen LogP contribution >= 0.6 is 11.6 Å². The maximum absolute atomic E-state index is 13.4. The second kappa shape index (κ2) is 5.99. The van der Waals surface area contributed by atoms with E-state index in [9.17, 15) is 9.59 Å². The molecular formula is C24H20ClNO2. The number of allylic oxidation sites excluding steroid dienone is 2. The lowest BCUT2D eigenvalue weighted by Gasteiger charge is -2.38. The number of benzene rings is 2. The zero-order chi connectivity index (χ0) is 19.6. The van der Waals surface area contributed by atoms with Crippen molar-refractivity contribution in [3.63, 3.8) is 0 Å². The third-order valence-corrected chi connectivity index (χ3v) is 6.28. The fraction of sp³-hybridized carbons (Fsp3) is 0.292. The van der Waals surface area contributed by atoms with Gasteiger partial charge in [0.25, 0.3) is 0 Å². The van der Waals surface area contributed by atoms with Crippen molar-refractivity contribution >= 4 is 28.9 Å². The number of nitrogens with zero attached hydrogens (tertiary/aromatic N) is 1. The van der Waals surface area contributed by atoms with E-state index in [-0.39, 0.29) is 22.9 Å². The third-order valence-electron chi connectivity index (χ3n) is 6.05. The largest absolute Gasteiger partial charge is 0.294 e. The average molecular weight is 390 g/mol. The average Bonchev–Trinajstić information content (AvgIpc) is 2.92. The Labute approximate surface area is 169 Å². The summed E-state index contributed by atoms with van der Waals surface area (Å²) in [5.41, 5.74) is 4.71. The maximum Gasteiger partial charge on any atom is 0.173 e. The summed E-state index contributed by atoms with van der Waals surface area (Å²) in [6.07, 6.45) is 1.21. The standard InChI is InChI=1S/C24H20ClNO2/c1-24(2)11-17-20(18(27)12-24)19(13-6-5-7-14(25)10-13)21-22(26-17)15-8-3-4-9-16(15)23(21)28/h3-10,19,21H,11-12H2,1-2H3/t19-,21-/m0/s1. The molecule has 2 aromatic rings. The first-order valence-electron chi connectivity index (χ1n) is 9.60. The van der Waals surface area contributed by atoms with Crippen molar-refractivity contribution in [2.24, 2.45) is 16.3 Å². The van der Waals surface area contributed by atoms with Gasteiger partial charge in [0.05, 0.1) is 11.6 Å². The van der Waals surface area contributed by atoms with Crippen LogP contribution in [0.5, 0.6) is 0 Å². The molecule has 0 N–H and O–H groups in total. The molecule has 28 heavy (non-hydrogen) atoms. The highest BCUT2D eigenvalue weighted by Crippen LogP contribution is 2.51. The van der Waals surface area contributed by atoms with Crippen LogP contribution in [-0.2, 0) is 4.79 Å². The van der Waals surface area contributed by atoms with Crippen molar-refractivity contribution in [3.05, 3.63) is 81.5 Å². The molecule has 1 aliphatic heterocycles. The van der Waals surface area contributed by atoms with Gasteiger partial charge in [0.2, 0.25) is 0 Å². The van der Waals surface area contributed by atoms with Crippen LogP contribution in [0.1, 0.15) is 54.1 Å². The Kier molecular flexibility index (Phi) is 3.76. The zero-order valence-electron chi connectivity index (χ0n) is 15.8. The normalized spacial score (nSPS) is 25.2. The highest BCUT2D eigenvalue weighted by Gasteiger charge is 2.50. The Balaban J connectivity index is 1.78. The second-order valence-corrected chi connectivity index (χ2v) is 9.15. The molecule has 0 saturated carbocycles. The van der Waals surface area contributed by atoms with Crippen LogP contribution in [-0.4, -0.2) is 17.3 Å². The predicted molar refractivity (Wildman–Crippen MR) is 110 cm³/mol. The topological polar surface area (TPSA) is 46.5 Å². The molecule has 140 valence electrons. The number of hydrogen-bond acceptors (Lipinski definition) is 3. The maximum atomic E-state index is 13.4. The molecule has 0 unspecified atom stereocenters. The number of fused-ring (bicyclic) bond motifs is 3. The predicted octanol–water partition coefficient (Wildman–Crippen LogP) is 5.38. The summed E-state index contributed by atoms with van der Waals surface area (Å²) in [5, 5.41) is 0.607. The molecule has 0 radical (unpaired) electrons. The molecule has 3 nitrogen and oxygen atoms in total. The van der Waals surface area contributed by atoms with E-state index in [0.29, 0.717) is 22.6 Å². The van der Waals surface area contributed by atoms with Gasteiger partial charge >= 0.3 is 0 Å². The molecule has 4 heteroatoms. The van der Waals surface area contributed by atoms with Gasteiger partial charge in [-0.15, -0.1) is 0 Å². The zero-order valence-corrected chi connectivity index (χ0v) is 16.6. The summed E-state index contributed by atoms with van der Waals surface area (Å²) < 4.78 is 0. The first-order chi connectivity index (χ1) is 13.4. The van der Waals surface area contributed by atoms with Crippen LogP contribution < -0.4 is 0 Å². The molecule has 2 aromatic carbocycles. The first kappa shape index (κ1) is 17.6. The Morgan fingerprint density at radius 1 is 0.964 bits per heavy atom. The first-order valence-corrected chi connectivity index (χ1v) is 9.97. The fourth-order valence-corrected chi connectivity index (χ4v) is 5.14. The van der Waals surface area contributed by atoms with Crippen molar-refractivity contribution < 1.29 is 9.59 Å². The molecule has 1 heterocycles.